The van der Waals surface area contributed by atoms with E-state index in [1.807, 2.05) is 6.92 Å². The van der Waals surface area contributed by atoms with Gasteiger partial charge < -0.3 is 15.2 Å². The quantitative estimate of drug-likeness (QED) is 0.711. The Bertz CT molecular complexity index is 261. The number of carboxylic acids is 1. The van der Waals surface area contributed by atoms with Crippen LogP contribution >= 0.6 is 0 Å². The average Bonchev–Trinajstić information content (AvgIpc) is 2.33. The average molecular weight is 258 g/mol. The van der Waals surface area contributed by atoms with Crippen molar-refractivity contribution < 1.29 is 14.6 Å². The van der Waals surface area contributed by atoms with Crippen LogP contribution in [0.4, 0.5) is 0 Å². The van der Waals surface area contributed by atoms with Crippen molar-refractivity contribution in [2.24, 2.45) is 0 Å². The molecule has 5 nitrogen and oxygen atoms in total. The third-order valence-electron chi connectivity index (χ3n) is 3.38. The molecule has 2 N–H and O–H groups in total. The fourth-order valence-corrected chi connectivity index (χ4v) is 2.21. The first-order valence-electron chi connectivity index (χ1n) is 6.86. The van der Waals surface area contributed by atoms with Crippen LogP contribution in [-0.4, -0.2) is 60.4 Å². The molecule has 1 aliphatic heterocycles. The van der Waals surface area contributed by atoms with Crippen molar-refractivity contribution in [2.45, 2.75) is 51.8 Å². The molecule has 0 saturated carbocycles. The van der Waals surface area contributed by atoms with Crippen molar-refractivity contribution in [1.29, 1.82) is 0 Å². The molecule has 3 unspecified atom stereocenters. The molecule has 1 fully saturated rings. The number of hydrogen-bond donors (Lipinski definition) is 2. The summed E-state index contributed by atoms with van der Waals surface area (Å²) >= 11 is 0. The van der Waals surface area contributed by atoms with Gasteiger partial charge in [0.15, 0.2) is 0 Å². The Morgan fingerprint density at radius 3 is 2.89 bits per heavy atom. The highest BCUT2D eigenvalue weighted by molar-refractivity contribution is 5.73. The summed E-state index contributed by atoms with van der Waals surface area (Å²) in [5.41, 5.74) is 0. The van der Waals surface area contributed by atoms with E-state index in [2.05, 4.69) is 24.1 Å². The molecule has 0 aromatic rings. The van der Waals surface area contributed by atoms with E-state index in [0.717, 1.165) is 32.7 Å². The first-order valence-corrected chi connectivity index (χ1v) is 6.86. The summed E-state index contributed by atoms with van der Waals surface area (Å²) in [6.07, 6.45) is 1.84. The maximum absolute atomic E-state index is 11.1. The van der Waals surface area contributed by atoms with Crippen molar-refractivity contribution in [3.8, 4) is 0 Å². The number of nitrogens with zero attached hydrogens (tertiary/aromatic N) is 1. The smallest absolute Gasteiger partial charge is 0.320 e. The van der Waals surface area contributed by atoms with Gasteiger partial charge in [0.2, 0.25) is 0 Å². The Morgan fingerprint density at radius 1 is 1.56 bits per heavy atom. The van der Waals surface area contributed by atoms with E-state index in [9.17, 15) is 4.79 Å². The molecule has 0 aromatic carbocycles. The minimum atomic E-state index is -0.752. The molecule has 1 saturated heterocycles. The number of ether oxygens (including phenoxy) is 1. The summed E-state index contributed by atoms with van der Waals surface area (Å²) in [7, 11) is 0. The minimum absolute atomic E-state index is 0.244. The molecule has 18 heavy (non-hydrogen) atoms. The Kier molecular flexibility index (Phi) is 6.60. The monoisotopic (exact) mass is 258 g/mol. The van der Waals surface area contributed by atoms with Gasteiger partial charge in [0.05, 0.1) is 12.7 Å². The second kappa shape index (κ2) is 7.71. The maximum atomic E-state index is 11.1. The zero-order chi connectivity index (χ0) is 13.5. The number of carbonyl (C=O) groups is 1. The molecule has 0 spiro atoms. The van der Waals surface area contributed by atoms with E-state index >= 15 is 0 Å². The normalized spacial score (nSPS) is 27.1. The van der Waals surface area contributed by atoms with Gasteiger partial charge in [-0.3, -0.25) is 9.69 Å². The molecule has 1 heterocycles. The zero-order valence-corrected chi connectivity index (χ0v) is 11.7. The molecule has 0 aliphatic carbocycles. The lowest BCUT2D eigenvalue weighted by Gasteiger charge is -2.37. The summed E-state index contributed by atoms with van der Waals surface area (Å²) < 4.78 is 5.57. The summed E-state index contributed by atoms with van der Waals surface area (Å²) in [5.74, 6) is -0.752. The third kappa shape index (κ3) is 4.92. The standard InChI is InChI=1S/C13H26N2O3/c1-4-6-14-12(13(16)17)5-7-15-8-11(3)18-9-10(15)2/h10-12,14H,4-9H2,1-3H3,(H,16,17). The van der Waals surface area contributed by atoms with Crippen molar-refractivity contribution in [1.82, 2.24) is 10.2 Å². The number of carboxylic acid groups (broad SMARTS) is 1. The molecule has 106 valence electrons. The van der Waals surface area contributed by atoms with Gasteiger partial charge in [0, 0.05) is 19.1 Å². The van der Waals surface area contributed by atoms with Crippen LogP contribution in [-0.2, 0) is 9.53 Å². The van der Waals surface area contributed by atoms with Crippen molar-refractivity contribution >= 4 is 5.97 Å². The number of hydrogen-bond acceptors (Lipinski definition) is 4. The van der Waals surface area contributed by atoms with E-state index in [4.69, 9.17) is 9.84 Å². The summed E-state index contributed by atoms with van der Waals surface area (Å²) in [6.45, 7) is 9.42. The zero-order valence-electron chi connectivity index (χ0n) is 11.7. The van der Waals surface area contributed by atoms with Crippen LogP contribution in [0.3, 0.4) is 0 Å². The molecule has 3 atom stereocenters. The number of rotatable bonds is 7. The molecule has 1 aliphatic rings. The highest BCUT2D eigenvalue weighted by atomic mass is 16.5. The molecule has 1 rings (SSSR count). The Balaban J connectivity index is 2.37. The van der Waals surface area contributed by atoms with E-state index in [-0.39, 0.29) is 6.10 Å². The van der Waals surface area contributed by atoms with Gasteiger partial charge in [-0.1, -0.05) is 6.92 Å². The SMILES string of the molecule is CCCNC(CCN1CC(C)OCC1C)C(=O)O. The predicted molar refractivity (Wildman–Crippen MR) is 70.8 cm³/mol. The number of morpholine rings is 1. The molecular weight excluding hydrogens is 232 g/mol. The predicted octanol–water partition coefficient (Wildman–Crippen LogP) is 0.939. The van der Waals surface area contributed by atoms with Crippen molar-refractivity contribution in [2.75, 3.05) is 26.2 Å². The summed E-state index contributed by atoms with van der Waals surface area (Å²) in [5, 5.41) is 12.2. The molecule has 0 aromatic heterocycles. The molecule has 0 radical (unpaired) electrons. The van der Waals surface area contributed by atoms with Crippen LogP contribution < -0.4 is 5.32 Å². The van der Waals surface area contributed by atoms with Crippen molar-refractivity contribution in [3.05, 3.63) is 0 Å². The van der Waals surface area contributed by atoms with Gasteiger partial charge in [0.1, 0.15) is 6.04 Å². The number of aliphatic carboxylic acids is 1. The summed E-state index contributed by atoms with van der Waals surface area (Å²) in [4.78, 5) is 13.4. The van der Waals surface area contributed by atoms with Gasteiger partial charge in [-0.15, -0.1) is 0 Å². The van der Waals surface area contributed by atoms with Crippen LogP contribution in [0.5, 0.6) is 0 Å². The Morgan fingerprint density at radius 2 is 2.28 bits per heavy atom. The molecule has 0 amide bonds. The largest absolute Gasteiger partial charge is 0.480 e. The van der Waals surface area contributed by atoms with Gasteiger partial charge >= 0.3 is 5.97 Å². The van der Waals surface area contributed by atoms with Gasteiger partial charge in [-0.2, -0.15) is 0 Å². The molecule has 0 bridgehead atoms. The summed E-state index contributed by atoms with van der Waals surface area (Å²) in [6, 6.07) is -0.0582. The Hall–Kier alpha value is -0.650. The third-order valence-corrected chi connectivity index (χ3v) is 3.38. The molecule has 5 heteroatoms. The lowest BCUT2D eigenvalue weighted by Crippen LogP contribution is -2.49. The van der Waals surface area contributed by atoms with Crippen LogP contribution in [0.15, 0.2) is 0 Å². The highest BCUT2D eigenvalue weighted by Crippen LogP contribution is 2.12. The lowest BCUT2D eigenvalue weighted by molar-refractivity contribution is -0.140. The van der Waals surface area contributed by atoms with Crippen LogP contribution in [0, 0.1) is 0 Å². The van der Waals surface area contributed by atoms with E-state index < -0.39 is 12.0 Å². The minimum Gasteiger partial charge on any atom is -0.480 e. The molecular formula is C13H26N2O3. The topological polar surface area (TPSA) is 61.8 Å². The first kappa shape index (κ1) is 15.4. The van der Waals surface area contributed by atoms with Crippen molar-refractivity contribution in [3.63, 3.8) is 0 Å². The fraction of sp³-hybridized carbons (Fsp3) is 0.923. The van der Waals surface area contributed by atoms with E-state index in [1.54, 1.807) is 0 Å². The van der Waals surface area contributed by atoms with Crippen LogP contribution in [0.25, 0.3) is 0 Å². The van der Waals surface area contributed by atoms with Gasteiger partial charge in [0.25, 0.3) is 0 Å². The van der Waals surface area contributed by atoms with E-state index in [1.165, 1.54) is 0 Å². The Labute approximate surface area is 109 Å². The van der Waals surface area contributed by atoms with Gasteiger partial charge in [-0.25, -0.2) is 0 Å². The lowest BCUT2D eigenvalue weighted by atomic mass is 10.1. The van der Waals surface area contributed by atoms with Crippen LogP contribution in [0.1, 0.15) is 33.6 Å². The van der Waals surface area contributed by atoms with Crippen LogP contribution in [0.2, 0.25) is 0 Å². The number of nitrogens with one attached hydrogen (secondary N) is 1. The fourth-order valence-electron chi connectivity index (χ4n) is 2.21. The van der Waals surface area contributed by atoms with Gasteiger partial charge in [-0.05, 0) is 33.2 Å². The van der Waals surface area contributed by atoms with E-state index in [0.29, 0.717) is 12.5 Å². The second-order valence-corrected chi connectivity index (χ2v) is 5.12. The first-order chi connectivity index (χ1) is 8.54. The second-order valence-electron chi connectivity index (χ2n) is 5.12. The maximum Gasteiger partial charge on any atom is 0.320 e. The highest BCUT2D eigenvalue weighted by Gasteiger charge is 2.25.